The lowest BCUT2D eigenvalue weighted by molar-refractivity contribution is -0.502. The first-order chi connectivity index (χ1) is 10.7. The van der Waals surface area contributed by atoms with Gasteiger partial charge in [-0.2, -0.15) is 0 Å². The van der Waals surface area contributed by atoms with Crippen molar-refractivity contribution in [3.05, 3.63) is 47.2 Å². The van der Waals surface area contributed by atoms with Crippen LogP contribution in [0.2, 0.25) is 0 Å². The number of hydrogen-bond acceptors (Lipinski definition) is 2. The topological polar surface area (TPSA) is 29.3 Å². The lowest BCUT2D eigenvalue weighted by Crippen LogP contribution is -2.39. The zero-order chi connectivity index (χ0) is 15.5. The Hall–Kier alpha value is -1.90. The lowest BCUT2D eigenvalue weighted by Gasteiger charge is -2.29. The molecule has 0 bridgehead atoms. The number of ether oxygens (including phenoxy) is 1. The second kappa shape index (κ2) is 6.47. The van der Waals surface area contributed by atoms with Gasteiger partial charge in [-0.15, -0.1) is 0 Å². The van der Waals surface area contributed by atoms with Crippen molar-refractivity contribution in [1.82, 2.24) is 0 Å². The van der Waals surface area contributed by atoms with Gasteiger partial charge < -0.3 is 4.74 Å². The van der Waals surface area contributed by atoms with E-state index < -0.39 is 0 Å². The number of nitrogens with zero attached hydrogens (tertiary/aromatic N) is 1. The highest BCUT2D eigenvalue weighted by atomic mass is 16.5. The maximum Gasteiger partial charge on any atom is 0.193 e. The highest BCUT2D eigenvalue weighted by molar-refractivity contribution is 6.17. The monoisotopic (exact) mass is 298 g/mol. The molecule has 0 saturated heterocycles. The van der Waals surface area contributed by atoms with Crippen LogP contribution < -0.4 is 0 Å². The van der Waals surface area contributed by atoms with Crippen LogP contribution in [-0.2, 0) is 4.74 Å². The minimum atomic E-state index is -0.0214. The van der Waals surface area contributed by atoms with Gasteiger partial charge in [-0.25, -0.2) is 4.58 Å². The molecule has 3 heteroatoms. The van der Waals surface area contributed by atoms with E-state index in [1.807, 2.05) is 37.3 Å². The Morgan fingerprint density at radius 1 is 1.27 bits per heavy atom. The molecule has 0 N–H and O–H groups in total. The van der Waals surface area contributed by atoms with Gasteiger partial charge in [0.15, 0.2) is 11.5 Å². The molecule has 1 atom stereocenters. The van der Waals surface area contributed by atoms with Crippen molar-refractivity contribution >= 4 is 11.5 Å². The van der Waals surface area contributed by atoms with Crippen LogP contribution >= 0.6 is 0 Å². The molecular weight excluding hydrogens is 274 g/mol. The van der Waals surface area contributed by atoms with E-state index in [9.17, 15) is 4.79 Å². The number of ketones is 1. The van der Waals surface area contributed by atoms with Gasteiger partial charge >= 0.3 is 0 Å². The summed E-state index contributed by atoms with van der Waals surface area (Å²) >= 11 is 0. The Balaban J connectivity index is 1.99. The summed E-state index contributed by atoms with van der Waals surface area (Å²) in [6, 6.07) is 9.68. The summed E-state index contributed by atoms with van der Waals surface area (Å²) in [5, 5.41) is 0. The standard InChI is InChI=1S/C19H24NO2/c1-3-22-17-12-11-16(18-15(17)10-7-13-20(18)2)19(21)14-8-5-4-6-9-14/h4-6,8-9,16H,3,7,10-13H2,1-2H3/q+1. The van der Waals surface area contributed by atoms with Crippen LogP contribution in [0, 0.1) is 5.92 Å². The van der Waals surface area contributed by atoms with Crippen molar-refractivity contribution in [1.29, 1.82) is 0 Å². The molecule has 3 nitrogen and oxygen atoms in total. The number of carbonyl (C=O) groups excluding carboxylic acids is 1. The summed E-state index contributed by atoms with van der Waals surface area (Å²) < 4.78 is 8.12. The number of carbonyl (C=O) groups is 1. The van der Waals surface area contributed by atoms with Gasteiger partial charge in [-0.3, -0.25) is 4.79 Å². The molecular formula is C19H24NO2+. The van der Waals surface area contributed by atoms with Crippen LogP contribution in [0.25, 0.3) is 0 Å². The number of Topliss-reactive ketones (excluding diaryl/α,β-unsaturated/α-hetero) is 1. The van der Waals surface area contributed by atoms with E-state index in [-0.39, 0.29) is 11.7 Å². The van der Waals surface area contributed by atoms with Gasteiger partial charge in [0.2, 0.25) is 0 Å². The molecule has 0 radical (unpaired) electrons. The van der Waals surface area contributed by atoms with Crippen molar-refractivity contribution in [2.24, 2.45) is 5.92 Å². The fourth-order valence-electron chi connectivity index (χ4n) is 3.69. The van der Waals surface area contributed by atoms with Gasteiger partial charge in [-0.1, -0.05) is 30.3 Å². The van der Waals surface area contributed by atoms with Gasteiger partial charge in [0.05, 0.1) is 12.2 Å². The third-order valence-corrected chi connectivity index (χ3v) is 4.66. The lowest BCUT2D eigenvalue weighted by atomic mass is 9.78. The molecule has 22 heavy (non-hydrogen) atoms. The molecule has 2 aliphatic rings. The van der Waals surface area contributed by atoms with Crippen LogP contribution in [0.15, 0.2) is 41.7 Å². The average molecular weight is 298 g/mol. The molecule has 0 amide bonds. The highest BCUT2D eigenvalue weighted by Gasteiger charge is 2.40. The molecule has 1 aromatic rings. The molecule has 0 aromatic heterocycles. The summed E-state index contributed by atoms with van der Waals surface area (Å²) in [7, 11) is 2.11. The second-order valence-corrected chi connectivity index (χ2v) is 6.07. The molecule has 0 fully saturated rings. The number of allylic oxidation sites excluding steroid dienone is 2. The zero-order valence-corrected chi connectivity index (χ0v) is 13.5. The Bertz CT molecular complexity index is 628. The normalized spacial score (nSPS) is 21.6. The van der Waals surface area contributed by atoms with Gasteiger partial charge in [0.1, 0.15) is 25.3 Å². The van der Waals surface area contributed by atoms with E-state index >= 15 is 0 Å². The smallest absolute Gasteiger partial charge is 0.193 e. The minimum Gasteiger partial charge on any atom is -0.498 e. The maximum absolute atomic E-state index is 13.0. The van der Waals surface area contributed by atoms with Crippen LogP contribution in [0.1, 0.15) is 43.0 Å². The predicted molar refractivity (Wildman–Crippen MR) is 87.4 cm³/mol. The molecule has 1 heterocycles. The largest absolute Gasteiger partial charge is 0.498 e. The van der Waals surface area contributed by atoms with Crippen LogP contribution in [0.3, 0.4) is 0 Å². The first-order valence-corrected chi connectivity index (χ1v) is 8.24. The van der Waals surface area contributed by atoms with E-state index in [1.54, 1.807) is 0 Å². The number of benzene rings is 1. The Kier molecular flexibility index (Phi) is 4.41. The van der Waals surface area contributed by atoms with Crippen LogP contribution in [-0.4, -0.2) is 36.3 Å². The summed E-state index contributed by atoms with van der Waals surface area (Å²) in [6.45, 7) is 3.75. The average Bonchev–Trinajstić information content (AvgIpc) is 2.56. The fraction of sp³-hybridized carbons (Fsp3) is 0.474. The van der Waals surface area contributed by atoms with E-state index in [0.717, 1.165) is 43.6 Å². The summed E-state index contributed by atoms with van der Waals surface area (Å²) in [6.07, 6.45) is 3.90. The Morgan fingerprint density at radius 3 is 2.77 bits per heavy atom. The van der Waals surface area contributed by atoms with Crippen LogP contribution in [0.4, 0.5) is 0 Å². The number of rotatable bonds is 4. The predicted octanol–water partition coefficient (Wildman–Crippen LogP) is 3.45. The van der Waals surface area contributed by atoms with Crippen molar-refractivity contribution in [3.63, 3.8) is 0 Å². The van der Waals surface area contributed by atoms with Crippen molar-refractivity contribution in [3.8, 4) is 0 Å². The molecule has 1 aliphatic heterocycles. The Morgan fingerprint density at radius 2 is 2.05 bits per heavy atom. The third kappa shape index (κ3) is 2.72. The first kappa shape index (κ1) is 15.0. The van der Waals surface area contributed by atoms with E-state index in [0.29, 0.717) is 6.61 Å². The minimum absolute atomic E-state index is 0.0214. The fourth-order valence-corrected chi connectivity index (χ4v) is 3.69. The van der Waals surface area contributed by atoms with Crippen molar-refractivity contribution < 1.29 is 14.1 Å². The second-order valence-electron chi connectivity index (χ2n) is 6.07. The zero-order valence-electron chi connectivity index (χ0n) is 13.5. The molecule has 1 aromatic carbocycles. The van der Waals surface area contributed by atoms with Gasteiger partial charge in [0.25, 0.3) is 0 Å². The first-order valence-electron chi connectivity index (χ1n) is 8.24. The van der Waals surface area contributed by atoms with E-state index in [2.05, 4.69) is 11.6 Å². The van der Waals surface area contributed by atoms with Crippen molar-refractivity contribution in [2.45, 2.75) is 32.6 Å². The van der Waals surface area contributed by atoms with E-state index in [4.69, 9.17) is 4.74 Å². The molecule has 1 aliphatic carbocycles. The number of hydrogen-bond donors (Lipinski definition) is 0. The van der Waals surface area contributed by atoms with Gasteiger partial charge in [-0.05, 0) is 19.8 Å². The quantitative estimate of drug-likeness (QED) is 0.629. The molecule has 116 valence electrons. The van der Waals surface area contributed by atoms with E-state index in [1.165, 1.54) is 11.3 Å². The Labute approximate surface area is 132 Å². The molecule has 0 saturated carbocycles. The summed E-state index contributed by atoms with van der Waals surface area (Å²) in [5.41, 5.74) is 3.31. The molecule has 1 unspecified atom stereocenters. The maximum atomic E-state index is 13.0. The number of fused-ring (bicyclic) bond motifs is 1. The van der Waals surface area contributed by atoms with Gasteiger partial charge in [0, 0.05) is 18.4 Å². The SMILES string of the molecule is CCOC1=C2CCC[N+](C)=C2C(C(=O)c2ccccc2)CC1. The van der Waals surface area contributed by atoms with Crippen molar-refractivity contribution in [2.75, 3.05) is 20.2 Å². The summed E-state index contributed by atoms with van der Waals surface area (Å²) in [5.74, 6) is 1.34. The highest BCUT2D eigenvalue weighted by Crippen LogP contribution is 2.34. The molecule has 3 rings (SSSR count). The summed E-state index contributed by atoms with van der Waals surface area (Å²) in [4.78, 5) is 13.0. The van der Waals surface area contributed by atoms with Crippen LogP contribution in [0.5, 0.6) is 0 Å². The third-order valence-electron chi connectivity index (χ3n) is 4.66. The molecule has 0 spiro atoms.